The van der Waals surface area contributed by atoms with Crippen LogP contribution in [0.4, 0.5) is 0 Å². The topological polar surface area (TPSA) is 31.6 Å². The monoisotopic (exact) mass is 450 g/mol. The number of quaternary nitrogens is 1. The number of nitrogens with zero attached hydrogens (tertiary/aromatic N) is 1. The molecule has 0 radical (unpaired) electrons. The van der Waals surface area contributed by atoms with Crippen molar-refractivity contribution in [2.75, 3.05) is 26.2 Å². The lowest BCUT2D eigenvalue weighted by Crippen LogP contribution is -2.60. The Morgan fingerprint density at radius 3 is 2.34 bits per heavy atom. The van der Waals surface area contributed by atoms with Crippen molar-refractivity contribution in [3.05, 3.63) is 77.3 Å². The van der Waals surface area contributed by atoms with Gasteiger partial charge in [-0.25, -0.2) is 0 Å². The molecule has 0 aliphatic carbocycles. The third-order valence-electron chi connectivity index (χ3n) is 6.36. The van der Waals surface area contributed by atoms with Gasteiger partial charge in [-0.05, 0) is 38.1 Å². The van der Waals surface area contributed by atoms with Gasteiger partial charge in [0.05, 0.1) is 0 Å². The Morgan fingerprint density at radius 2 is 1.59 bits per heavy atom. The van der Waals surface area contributed by atoms with Crippen LogP contribution in [0, 0.1) is 0 Å². The lowest BCUT2D eigenvalue weighted by Gasteiger charge is -2.46. The lowest BCUT2D eigenvalue weighted by atomic mass is 10.1. The van der Waals surface area contributed by atoms with E-state index in [1.165, 1.54) is 5.56 Å². The Kier molecular flexibility index (Phi) is 5.85. The van der Waals surface area contributed by atoms with Crippen molar-refractivity contribution in [3.8, 4) is 5.75 Å². The first-order valence-corrected chi connectivity index (χ1v) is 11.7. The van der Waals surface area contributed by atoms with Gasteiger partial charge in [-0.3, -0.25) is 0 Å². The van der Waals surface area contributed by atoms with E-state index >= 15 is 0 Å². The molecule has 0 N–H and O–H groups in total. The quantitative estimate of drug-likeness (QED) is 0.317. The minimum absolute atomic E-state index is 0.237. The highest BCUT2D eigenvalue weighted by Gasteiger charge is 2.37. The molecular formula is C27H29ClNO3+. The van der Waals surface area contributed by atoms with E-state index in [9.17, 15) is 0 Å². The maximum Gasteiger partial charge on any atom is 0.139 e. The van der Waals surface area contributed by atoms with Crippen LogP contribution in [0.25, 0.3) is 21.9 Å². The predicted octanol–water partition coefficient (Wildman–Crippen LogP) is 6.44. The van der Waals surface area contributed by atoms with Crippen LogP contribution in [-0.2, 0) is 11.3 Å². The molecule has 32 heavy (non-hydrogen) atoms. The summed E-state index contributed by atoms with van der Waals surface area (Å²) in [5.41, 5.74) is 2.98. The minimum atomic E-state index is 0.237. The van der Waals surface area contributed by atoms with Crippen LogP contribution < -0.4 is 4.74 Å². The van der Waals surface area contributed by atoms with Gasteiger partial charge in [-0.15, -0.1) is 0 Å². The molecule has 5 rings (SSSR count). The molecule has 3 aromatic carbocycles. The van der Waals surface area contributed by atoms with E-state index in [1.54, 1.807) is 0 Å². The van der Waals surface area contributed by atoms with Crippen molar-refractivity contribution in [3.63, 3.8) is 0 Å². The molecule has 1 aromatic heterocycles. The molecule has 2 heterocycles. The summed E-state index contributed by atoms with van der Waals surface area (Å²) >= 11 is 6.12. The maximum atomic E-state index is 6.23. The molecular weight excluding hydrogens is 422 g/mol. The second-order valence-corrected chi connectivity index (χ2v) is 9.52. The summed E-state index contributed by atoms with van der Waals surface area (Å²) in [7, 11) is 0. The van der Waals surface area contributed by atoms with Crippen LogP contribution in [-0.4, -0.2) is 42.9 Å². The minimum Gasteiger partial charge on any atom is -0.488 e. The van der Waals surface area contributed by atoms with Gasteiger partial charge in [0.15, 0.2) is 0 Å². The van der Waals surface area contributed by atoms with Crippen LogP contribution >= 0.6 is 11.6 Å². The van der Waals surface area contributed by atoms with Gasteiger partial charge in [0.1, 0.15) is 61.9 Å². The van der Waals surface area contributed by atoms with Gasteiger partial charge in [0, 0.05) is 33.5 Å². The van der Waals surface area contributed by atoms with Crippen molar-refractivity contribution < 1.29 is 18.4 Å². The summed E-state index contributed by atoms with van der Waals surface area (Å²) in [6.45, 7) is 8.90. The smallest absolute Gasteiger partial charge is 0.139 e. The number of ether oxygens (including phenoxy) is 2. The van der Waals surface area contributed by atoms with E-state index in [2.05, 4.69) is 50.2 Å². The summed E-state index contributed by atoms with van der Waals surface area (Å²) in [5.74, 6) is 0.829. The molecule has 0 spiro atoms. The van der Waals surface area contributed by atoms with Crippen molar-refractivity contribution >= 4 is 33.5 Å². The average Bonchev–Trinajstić information content (AvgIpc) is 3.10. The third-order valence-corrected chi connectivity index (χ3v) is 6.59. The average molecular weight is 451 g/mol. The Balaban J connectivity index is 1.33. The summed E-state index contributed by atoms with van der Waals surface area (Å²) in [5, 5.41) is 2.82. The Labute approximate surface area is 193 Å². The van der Waals surface area contributed by atoms with Gasteiger partial charge in [-0.1, -0.05) is 41.9 Å². The van der Waals surface area contributed by atoms with Crippen LogP contribution in [0.5, 0.6) is 5.75 Å². The summed E-state index contributed by atoms with van der Waals surface area (Å²) in [6, 6.07) is 22.6. The van der Waals surface area contributed by atoms with Crippen molar-refractivity contribution in [1.82, 2.24) is 0 Å². The molecule has 4 nitrogen and oxygen atoms in total. The number of hydrogen-bond donors (Lipinski definition) is 0. The molecule has 0 amide bonds. The molecule has 0 bridgehead atoms. The molecule has 1 fully saturated rings. The first-order valence-electron chi connectivity index (χ1n) is 11.3. The SMILES string of the molecule is CC1C[N+](CCOc2ccc3c(c2)oc2cc(Cl)ccc23)(Cc2ccccc2)CC(C)O1. The standard InChI is InChI=1S/C27H29ClNO3/c1-19-16-29(17-20(2)31-19,18-21-6-4-3-5-7-21)12-13-30-23-9-11-25-24-10-8-22(28)14-26(24)32-27(25)15-23/h3-11,14-15,19-20H,12-13,16-18H2,1-2H3/q+1. The van der Waals surface area contributed by atoms with Crippen molar-refractivity contribution in [2.24, 2.45) is 0 Å². The second kappa shape index (κ2) is 8.78. The predicted molar refractivity (Wildman–Crippen MR) is 129 cm³/mol. The van der Waals surface area contributed by atoms with E-state index in [4.69, 9.17) is 25.5 Å². The zero-order valence-corrected chi connectivity index (χ0v) is 19.3. The fraction of sp³-hybridized carbons (Fsp3) is 0.333. The Morgan fingerprint density at radius 1 is 0.906 bits per heavy atom. The molecule has 2 atom stereocenters. The zero-order valence-electron chi connectivity index (χ0n) is 18.6. The van der Waals surface area contributed by atoms with Gasteiger partial charge < -0.3 is 18.4 Å². The highest BCUT2D eigenvalue weighted by Crippen LogP contribution is 2.33. The van der Waals surface area contributed by atoms with E-state index in [0.29, 0.717) is 11.6 Å². The Bertz CT molecular complexity index is 1210. The molecule has 1 saturated heterocycles. The van der Waals surface area contributed by atoms with Crippen LogP contribution in [0.15, 0.2) is 71.1 Å². The maximum absolute atomic E-state index is 6.23. The first-order chi connectivity index (χ1) is 15.5. The molecule has 4 aromatic rings. The Hall–Kier alpha value is -2.53. The third kappa shape index (κ3) is 4.49. The second-order valence-electron chi connectivity index (χ2n) is 9.08. The van der Waals surface area contributed by atoms with E-state index < -0.39 is 0 Å². The summed E-state index contributed by atoms with van der Waals surface area (Å²) < 4.78 is 19.3. The van der Waals surface area contributed by atoms with Crippen LogP contribution in [0.2, 0.25) is 5.02 Å². The van der Waals surface area contributed by atoms with Crippen molar-refractivity contribution in [1.29, 1.82) is 0 Å². The summed E-state index contributed by atoms with van der Waals surface area (Å²) in [4.78, 5) is 0. The normalized spacial score (nSPS) is 23.6. The summed E-state index contributed by atoms with van der Waals surface area (Å²) in [6.07, 6.45) is 0.474. The van der Waals surface area contributed by atoms with E-state index in [-0.39, 0.29) is 12.2 Å². The highest BCUT2D eigenvalue weighted by atomic mass is 35.5. The van der Waals surface area contributed by atoms with Crippen molar-refractivity contribution in [2.45, 2.75) is 32.6 Å². The molecule has 1 aliphatic rings. The number of rotatable bonds is 6. The molecule has 5 heteroatoms. The van der Waals surface area contributed by atoms with Gasteiger partial charge >= 0.3 is 0 Å². The van der Waals surface area contributed by atoms with Gasteiger partial charge in [0.25, 0.3) is 0 Å². The number of benzene rings is 3. The largest absolute Gasteiger partial charge is 0.488 e. The molecule has 2 unspecified atom stereocenters. The fourth-order valence-corrected chi connectivity index (χ4v) is 5.35. The van der Waals surface area contributed by atoms with Crippen LogP contribution in [0.3, 0.4) is 0 Å². The van der Waals surface area contributed by atoms with Gasteiger partial charge in [0.2, 0.25) is 0 Å². The van der Waals surface area contributed by atoms with E-state index in [1.807, 2.05) is 30.3 Å². The molecule has 166 valence electrons. The number of hydrogen-bond acceptors (Lipinski definition) is 3. The molecule has 1 aliphatic heterocycles. The first kappa shape index (κ1) is 21.3. The lowest BCUT2D eigenvalue weighted by molar-refractivity contribution is -0.953. The highest BCUT2D eigenvalue weighted by molar-refractivity contribution is 6.31. The molecule has 0 saturated carbocycles. The number of furan rings is 1. The number of fused-ring (bicyclic) bond motifs is 3. The zero-order chi connectivity index (χ0) is 22.1. The van der Waals surface area contributed by atoms with Gasteiger partial charge in [-0.2, -0.15) is 0 Å². The number of halogens is 1. The van der Waals surface area contributed by atoms with E-state index in [0.717, 1.165) is 58.4 Å². The number of morpholine rings is 1. The van der Waals surface area contributed by atoms with Crippen LogP contribution in [0.1, 0.15) is 19.4 Å². The fourth-order valence-electron chi connectivity index (χ4n) is 5.19.